The summed E-state index contributed by atoms with van der Waals surface area (Å²) < 4.78 is 32.8. The molecular formula is C16H10ClN3O7S. The zero-order valence-electron chi connectivity index (χ0n) is 13.6. The van der Waals surface area contributed by atoms with Gasteiger partial charge in [-0.3, -0.25) is 14.7 Å². The van der Waals surface area contributed by atoms with Crippen LogP contribution in [0.2, 0.25) is 5.02 Å². The summed E-state index contributed by atoms with van der Waals surface area (Å²) >= 11 is 5.76. The molecule has 0 aromatic heterocycles. The van der Waals surface area contributed by atoms with E-state index < -0.39 is 37.1 Å². The Labute approximate surface area is 162 Å². The first-order valence-corrected chi connectivity index (χ1v) is 9.22. The van der Waals surface area contributed by atoms with Crippen LogP contribution < -0.4 is 0 Å². The van der Waals surface area contributed by atoms with E-state index in [1.165, 1.54) is 24.3 Å². The van der Waals surface area contributed by atoms with E-state index >= 15 is 0 Å². The highest BCUT2D eigenvalue weighted by molar-refractivity contribution is 7.86. The summed E-state index contributed by atoms with van der Waals surface area (Å²) in [5.74, 6) is -1.25. The number of hydrogen-bond acceptors (Lipinski definition) is 8. The van der Waals surface area contributed by atoms with Crippen LogP contribution in [0.5, 0.6) is 11.5 Å². The first-order valence-electron chi connectivity index (χ1n) is 7.40. The van der Waals surface area contributed by atoms with Crippen molar-refractivity contribution in [2.75, 3.05) is 0 Å². The van der Waals surface area contributed by atoms with Gasteiger partial charge in [0.15, 0.2) is 5.75 Å². The fourth-order valence-corrected chi connectivity index (χ4v) is 3.42. The molecule has 3 N–H and O–H groups in total. The maximum Gasteiger partial charge on any atom is 0.314 e. The number of aromatic hydroxyl groups is 2. The van der Waals surface area contributed by atoms with E-state index in [9.17, 15) is 33.3 Å². The summed E-state index contributed by atoms with van der Waals surface area (Å²) in [6.07, 6.45) is 0. The van der Waals surface area contributed by atoms with Crippen molar-refractivity contribution in [2.24, 2.45) is 10.2 Å². The normalized spacial score (nSPS) is 11.9. The first kappa shape index (κ1) is 19.5. The number of phenolic OH excluding ortho intramolecular Hbond substituents is 2. The molecule has 10 nitrogen and oxygen atoms in total. The lowest BCUT2D eigenvalue weighted by molar-refractivity contribution is -0.385. The molecule has 12 heteroatoms. The summed E-state index contributed by atoms with van der Waals surface area (Å²) in [4.78, 5) is 9.55. The maximum atomic E-state index is 11.7. The van der Waals surface area contributed by atoms with Crippen LogP contribution in [-0.2, 0) is 10.1 Å². The molecule has 28 heavy (non-hydrogen) atoms. The predicted molar refractivity (Wildman–Crippen MR) is 99.4 cm³/mol. The zero-order valence-corrected chi connectivity index (χ0v) is 15.2. The van der Waals surface area contributed by atoms with Crippen LogP contribution in [0.25, 0.3) is 10.8 Å². The van der Waals surface area contributed by atoms with Crippen molar-refractivity contribution in [3.8, 4) is 11.5 Å². The molecule has 0 radical (unpaired) electrons. The van der Waals surface area contributed by atoms with Gasteiger partial charge in [0.05, 0.1) is 4.92 Å². The zero-order chi connectivity index (χ0) is 20.6. The molecule has 0 unspecified atom stereocenters. The molecule has 0 saturated carbocycles. The van der Waals surface area contributed by atoms with Crippen molar-refractivity contribution >= 4 is 49.6 Å². The average Bonchev–Trinajstić information content (AvgIpc) is 2.62. The Morgan fingerprint density at radius 1 is 0.964 bits per heavy atom. The van der Waals surface area contributed by atoms with Crippen LogP contribution in [-0.4, -0.2) is 28.1 Å². The molecule has 0 aliphatic carbocycles. The van der Waals surface area contributed by atoms with Gasteiger partial charge in [-0.25, -0.2) is 0 Å². The molecule has 0 spiro atoms. The molecule has 0 heterocycles. The van der Waals surface area contributed by atoms with Gasteiger partial charge in [0, 0.05) is 21.9 Å². The van der Waals surface area contributed by atoms with Crippen LogP contribution in [0.3, 0.4) is 0 Å². The fourth-order valence-electron chi connectivity index (χ4n) is 2.50. The van der Waals surface area contributed by atoms with Crippen molar-refractivity contribution in [1.82, 2.24) is 0 Å². The second-order valence-electron chi connectivity index (χ2n) is 5.51. The number of azo groups is 1. The molecule has 0 amide bonds. The van der Waals surface area contributed by atoms with Crippen LogP contribution >= 0.6 is 11.6 Å². The number of nitro benzene ring substituents is 1. The van der Waals surface area contributed by atoms with E-state index in [2.05, 4.69) is 10.2 Å². The summed E-state index contributed by atoms with van der Waals surface area (Å²) in [5, 5.41) is 38.5. The predicted octanol–water partition coefficient (Wildman–Crippen LogP) is 4.47. The minimum Gasteiger partial charge on any atom is -0.505 e. The molecule has 3 aromatic carbocycles. The van der Waals surface area contributed by atoms with Crippen LogP contribution in [0.1, 0.15) is 0 Å². The summed E-state index contributed by atoms with van der Waals surface area (Å²) in [6, 6.07) is 8.72. The second kappa shape index (κ2) is 7.03. The molecule has 0 fully saturated rings. The van der Waals surface area contributed by atoms with E-state index in [-0.39, 0.29) is 27.2 Å². The largest absolute Gasteiger partial charge is 0.505 e. The van der Waals surface area contributed by atoms with Crippen molar-refractivity contribution in [1.29, 1.82) is 0 Å². The molecular weight excluding hydrogens is 414 g/mol. The molecule has 0 bridgehead atoms. The number of benzene rings is 3. The average molecular weight is 424 g/mol. The Morgan fingerprint density at radius 2 is 1.54 bits per heavy atom. The van der Waals surface area contributed by atoms with Gasteiger partial charge < -0.3 is 10.2 Å². The minimum atomic E-state index is -4.66. The van der Waals surface area contributed by atoms with E-state index in [0.717, 1.165) is 18.2 Å². The van der Waals surface area contributed by atoms with Gasteiger partial charge in [0.1, 0.15) is 16.3 Å². The lowest BCUT2D eigenvalue weighted by Gasteiger charge is -2.08. The van der Waals surface area contributed by atoms with Crippen molar-refractivity contribution < 1.29 is 28.1 Å². The first-order chi connectivity index (χ1) is 13.1. The topological polar surface area (TPSA) is 163 Å². The van der Waals surface area contributed by atoms with E-state index in [4.69, 9.17) is 11.6 Å². The standard InChI is InChI=1S/C16H10ClN3O7S/c17-8-5-11(16(22)13(6-8)20(23)24)18-19-12-7-14(28(25,26)27)9-3-1-2-4-10(9)15(12)21/h1-7,21-22H,(H,25,26,27). The van der Waals surface area contributed by atoms with Gasteiger partial charge in [0.25, 0.3) is 10.1 Å². The molecule has 3 rings (SSSR count). The molecule has 144 valence electrons. The second-order valence-corrected chi connectivity index (χ2v) is 7.34. The summed E-state index contributed by atoms with van der Waals surface area (Å²) in [6.45, 7) is 0. The third kappa shape index (κ3) is 3.58. The van der Waals surface area contributed by atoms with Crippen molar-refractivity contribution in [2.45, 2.75) is 4.90 Å². The third-order valence-electron chi connectivity index (χ3n) is 3.73. The Balaban J connectivity index is 2.21. The van der Waals surface area contributed by atoms with Gasteiger partial charge in [-0.2, -0.15) is 8.42 Å². The van der Waals surface area contributed by atoms with Gasteiger partial charge in [-0.1, -0.05) is 35.9 Å². The number of rotatable bonds is 4. The highest BCUT2D eigenvalue weighted by atomic mass is 35.5. The number of phenols is 2. The SMILES string of the molecule is O=[N+]([O-])c1cc(Cl)cc(N=Nc2cc(S(=O)(=O)O)c3ccccc3c2O)c1O. The lowest BCUT2D eigenvalue weighted by Crippen LogP contribution is -1.99. The lowest BCUT2D eigenvalue weighted by atomic mass is 10.1. The van der Waals surface area contributed by atoms with Gasteiger partial charge >= 0.3 is 5.69 Å². The molecule has 0 saturated heterocycles. The number of halogens is 1. The van der Waals surface area contributed by atoms with Gasteiger partial charge in [-0.15, -0.1) is 10.2 Å². The molecule has 0 atom stereocenters. The molecule has 0 aliphatic rings. The molecule has 0 aliphatic heterocycles. The van der Waals surface area contributed by atoms with Crippen LogP contribution in [0.4, 0.5) is 17.1 Å². The van der Waals surface area contributed by atoms with Crippen molar-refractivity contribution in [3.63, 3.8) is 0 Å². The number of nitro groups is 1. The maximum absolute atomic E-state index is 11.7. The van der Waals surface area contributed by atoms with Gasteiger partial charge in [0.2, 0.25) is 5.75 Å². The minimum absolute atomic E-state index is 0.0580. The molecule has 3 aromatic rings. The highest BCUT2D eigenvalue weighted by Gasteiger charge is 2.21. The quantitative estimate of drug-likeness (QED) is 0.241. The smallest absolute Gasteiger partial charge is 0.314 e. The Kier molecular flexibility index (Phi) is 4.89. The summed E-state index contributed by atoms with van der Waals surface area (Å²) in [5.41, 5.74) is -1.43. The van der Waals surface area contributed by atoms with E-state index in [0.29, 0.717) is 0 Å². The monoisotopic (exact) mass is 423 g/mol. The van der Waals surface area contributed by atoms with Crippen molar-refractivity contribution in [3.05, 3.63) is 57.6 Å². The number of fused-ring (bicyclic) bond motifs is 1. The van der Waals surface area contributed by atoms with E-state index in [1.54, 1.807) is 0 Å². The van der Waals surface area contributed by atoms with E-state index in [1.807, 2.05) is 0 Å². The fraction of sp³-hybridized carbons (Fsp3) is 0. The summed E-state index contributed by atoms with van der Waals surface area (Å²) in [7, 11) is -4.66. The van der Waals surface area contributed by atoms with Gasteiger partial charge in [-0.05, 0) is 12.1 Å². The number of nitrogens with zero attached hydrogens (tertiary/aromatic N) is 3. The van der Waals surface area contributed by atoms with Crippen LogP contribution in [0, 0.1) is 10.1 Å². The Hall–Kier alpha value is -3.28. The Bertz CT molecular complexity index is 1260. The highest BCUT2D eigenvalue weighted by Crippen LogP contribution is 2.42. The Morgan fingerprint density at radius 3 is 2.11 bits per heavy atom. The van der Waals surface area contributed by atoms with Crippen LogP contribution in [0.15, 0.2) is 57.6 Å². The number of hydrogen-bond donors (Lipinski definition) is 3. The third-order valence-corrected chi connectivity index (χ3v) is 4.84.